The van der Waals surface area contributed by atoms with Crippen molar-refractivity contribution < 1.29 is 23.9 Å². The minimum Gasteiger partial charge on any atom is -0.455 e. The van der Waals surface area contributed by atoms with Crippen LogP contribution in [0.15, 0.2) is 24.3 Å². The van der Waals surface area contributed by atoms with E-state index in [0.717, 1.165) is 10.5 Å². The zero-order valence-corrected chi connectivity index (χ0v) is 14.7. The van der Waals surface area contributed by atoms with Crippen LogP contribution in [-0.2, 0) is 25.7 Å². The van der Waals surface area contributed by atoms with Crippen LogP contribution in [0.25, 0.3) is 0 Å². The first-order chi connectivity index (χ1) is 12.5. The van der Waals surface area contributed by atoms with Crippen molar-refractivity contribution in [2.45, 2.75) is 13.0 Å². The van der Waals surface area contributed by atoms with E-state index >= 15 is 0 Å². The van der Waals surface area contributed by atoms with E-state index in [1.54, 1.807) is 17.0 Å². The lowest BCUT2D eigenvalue weighted by atomic mass is 10.1. The number of amides is 4. The number of benzene rings is 1. The van der Waals surface area contributed by atoms with Crippen molar-refractivity contribution in [1.29, 1.82) is 0 Å². The summed E-state index contributed by atoms with van der Waals surface area (Å²) >= 11 is 6.10. The molecule has 0 saturated carbocycles. The monoisotopic (exact) mass is 379 g/mol. The number of nitrogens with one attached hydrogen (secondary N) is 1. The van der Waals surface area contributed by atoms with Crippen LogP contribution in [0.3, 0.4) is 0 Å². The third-order valence-electron chi connectivity index (χ3n) is 4.36. The summed E-state index contributed by atoms with van der Waals surface area (Å²) in [5, 5.41) is 3.05. The molecule has 2 saturated heterocycles. The third-order valence-corrected chi connectivity index (χ3v) is 4.73. The van der Waals surface area contributed by atoms with Crippen LogP contribution in [0, 0.1) is 5.92 Å². The van der Waals surface area contributed by atoms with Gasteiger partial charge in [-0.1, -0.05) is 29.8 Å². The Labute approximate surface area is 155 Å². The number of urea groups is 1. The fourth-order valence-electron chi connectivity index (χ4n) is 2.95. The summed E-state index contributed by atoms with van der Waals surface area (Å²) in [7, 11) is 0. The minimum absolute atomic E-state index is 0.0294. The average molecular weight is 380 g/mol. The Morgan fingerprint density at radius 3 is 2.73 bits per heavy atom. The molecule has 4 amide bonds. The van der Waals surface area contributed by atoms with E-state index in [-0.39, 0.29) is 25.4 Å². The zero-order chi connectivity index (χ0) is 18.7. The first kappa shape index (κ1) is 18.2. The molecule has 1 atom stereocenters. The number of imide groups is 1. The standard InChI is InChI=1S/C17H18ClN3O5/c18-13-4-2-1-3-11(13)8-20-9-12(7-14(20)22)16(24)26-10-15(23)21-6-5-19-17(21)25/h1-4,12H,5-10H2,(H,19,25)/t12-/m1/s1. The van der Waals surface area contributed by atoms with Crippen molar-refractivity contribution in [2.75, 3.05) is 26.2 Å². The van der Waals surface area contributed by atoms with E-state index in [2.05, 4.69) is 5.32 Å². The highest BCUT2D eigenvalue weighted by molar-refractivity contribution is 6.31. The van der Waals surface area contributed by atoms with Crippen LogP contribution in [0.5, 0.6) is 0 Å². The van der Waals surface area contributed by atoms with Crippen molar-refractivity contribution in [3.63, 3.8) is 0 Å². The lowest BCUT2D eigenvalue weighted by molar-refractivity contribution is -0.154. The first-order valence-corrected chi connectivity index (χ1v) is 8.59. The van der Waals surface area contributed by atoms with Crippen molar-refractivity contribution >= 4 is 35.4 Å². The van der Waals surface area contributed by atoms with Gasteiger partial charge >= 0.3 is 12.0 Å². The van der Waals surface area contributed by atoms with Gasteiger partial charge in [-0.2, -0.15) is 0 Å². The van der Waals surface area contributed by atoms with E-state index in [1.807, 2.05) is 12.1 Å². The number of rotatable bonds is 5. The molecule has 1 N–H and O–H groups in total. The fraction of sp³-hybridized carbons (Fsp3) is 0.412. The molecule has 138 valence electrons. The number of esters is 1. The zero-order valence-electron chi connectivity index (χ0n) is 13.9. The average Bonchev–Trinajstić information content (AvgIpc) is 3.20. The molecule has 2 aliphatic heterocycles. The van der Waals surface area contributed by atoms with Gasteiger partial charge in [0.05, 0.1) is 5.92 Å². The van der Waals surface area contributed by atoms with Gasteiger partial charge in [0.2, 0.25) is 5.91 Å². The molecule has 0 aromatic heterocycles. The Bertz CT molecular complexity index is 754. The molecule has 9 heteroatoms. The predicted octanol–water partition coefficient (Wildman–Crippen LogP) is 0.784. The minimum atomic E-state index is -0.634. The Morgan fingerprint density at radius 1 is 1.27 bits per heavy atom. The highest BCUT2D eigenvalue weighted by atomic mass is 35.5. The highest BCUT2D eigenvalue weighted by Crippen LogP contribution is 2.24. The van der Waals surface area contributed by atoms with Crippen LogP contribution >= 0.6 is 11.6 Å². The van der Waals surface area contributed by atoms with Gasteiger partial charge < -0.3 is 15.0 Å². The predicted molar refractivity (Wildman–Crippen MR) is 91.0 cm³/mol. The van der Waals surface area contributed by atoms with Crippen LogP contribution < -0.4 is 5.32 Å². The lowest BCUT2D eigenvalue weighted by Crippen LogP contribution is -2.37. The normalized spacial score (nSPS) is 19.7. The molecule has 8 nitrogen and oxygen atoms in total. The van der Waals surface area contributed by atoms with Crippen molar-refractivity contribution in [1.82, 2.24) is 15.1 Å². The summed E-state index contributed by atoms with van der Waals surface area (Å²) in [5.41, 5.74) is 0.798. The number of carbonyl (C=O) groups excluding carboxylic acids is 4. The molecule has 2 aliphatic rings. The summed E-state index contributed by atoms with van der Waals surface area (Å²) in [4.78, 5) is 50.1. The number of hydrogen-bond acceptors (Lipinski definition) is 5. The molecular weight excluding hydrogens is 362 g/mol. The van der Waals surface area contributed by atoms with Gasteiger partial charge in [-0.25, -0.2) is 4.79 Å². The largest absolute Gasteiger partial charge is 0.455 e. The van der Waals surface area contributed by atoms with Crippen molar-refractivity contribution in [3.8, 4) is 0 Å². The Balaban J connectivity index is 1.51. The number of hydrogen-bond donors (Lipinski definition) is 1. The second kappa shape index (κ2) is 7.74. The van der Waals surface area contributed by atoms with Gasteiger partial charge in [-0.05, 0) is 11.6 Å². The number of carbonyl (C=O) groups is 4. The SMILES string of the molecule is O=C(OCC(=O)N1CCNC1=O)[C@@H]1CC(=O)N(Cc2ccccc2Cl)C1. The molecule has 3 rings (SSSR count). The van der Waals surface area contributed by atoms with Gasteiger partial charge in [0.15, 0.2) is 6.61 Å². The van der Waals surface area contributed by atoms with Crippen LogP contribution in [0.1, 0.15) is 12.0 Å². The van der Waals surface area contributed by atoms with E-state index < -0.39 is 30.4 Å². The maximum atomic E-state index is 12.2. The summed E-state index contributed by atoms with van der Waals surface area (Å²) < 4.78 is 5.00. The number of likely N-dealkylation sites (tertiary alicyclic amines) is 1. The summed E-state index contributed by atoms with van der Waals surface area (Å²) in [6.07, 6.45) is 0.0294. The van der Waals surface area contributed by atoms with Crippen molar-refractivity contribution in [2.24, 2.45) is 5.92 Å². The van der Waals surface area contributed by atoms with Gasteiger partial charge in [0.25, 0.3) is 5.91 Å². The molecule has 26 heavy (non-hydrogen) atoms. The smallest absolute Gasteiger partial charge is 0.324 e. The Kier molecular flexibility index (Phi) is 5.41. The molecule has 1 aromatic carbocycles. The number of ether oxygens (including phenoxy) is 1. The lowest BCUT2D eigenvalue weighted by Gasteiger charge is -2.17. The summed E-state index contributed by atoms with van der Waals surface area (Å²) in [5.74, 6) is -2.00. The van der Waals surface area contributed by atoms with Crippen LogP contribution in [-0.4, -0.2) is 59.9 Å². The molecule has 2 heterocycles. The maximum absolute atomic E-state index is 12.2. The topological polar surface area (TPSA) is 96.0 Å². The molecule has 1 aromatic rings. The van der Waals surface area contributed by atoms with Crippen molar-refractivity contribution in [3.05, 3.63) is 34.9 Å². The Morgan fingerprint density at radius 2 is 2.04 bits per heavy atom. The van der Waals surface area contributed by atoms with Crippen LogP contribution in [0.2, 0.25) is 5.02 Å². The van der Waals surface area contributed by atoms with Gasteiger partial charge in [0.1, 0.15) is 0 Å². The molecule has 0 radical (unpaired) electrons. The Hall–Kier alpha value is -2.61. The van der Waals surface area contributed by atoms with E-state index in [1.165, 1.54) is 0 Å². The van der Waals surface area contributed by atoms with E-state index in [4.69, 9.17) is 16.3 Å². The number of nitrogens with zero attached hydrogens (tertiary/aromatic N) is 2. The van der Waals surface area contributed by atoms with Crippen LogP contribution in [0.4, 0.5) is 4.79 Å². The fourth-order valence-corrected chi connectivity index (χ4v) is 3.15. The molecule has 0 spiro atoms. The number of halogens is 1. The maximum Gasteiger partial charge on any atom is 0.324 e. The highest BCUT2D eigenvalue weighted by Gasteiger charge is 2.36. The third kappa shape index (κ3) is 3.96. The molecule has 0 bridgehead atoms. The molecule has 2 fully saturated rings. The van der Waals surface area contributed by atoms with E-state index in [9.17, 15) is 19.2 Å². The summed E-state index contributed by atoms with van der Waals surface area (Å²) in [6.45, 7) is 0.646. The van der Waals surface area contributed by atoms with Gasteiger partial charge in [0, 0.05) is 37.6 Å². The van der Waals surface area contributed by atoms with Gasteiger partial charge in [-0.15, -0.1) is 0 Å². The molecule has 0 aliphatic carbocycles. The summed E-state index contributed by atoms with van der Waals surface area (Å²) in [6, 6.07) is 6.70. The second-order valence-corrected chi connectivity index (χ2v) is 6.56. The quantitative estimate of drug-likeness (QED) is 0.763. The second-order valence-electron chi connectivity index (χ2n) is 6.15. The first-order valence-electron chi connectivity index (χ1n) is 8.21. The van der Waals surface area contributed by atoms with Gasteiger partial charge in [-0.3, -0.25) is 19.3 Å². The van der Waals surface area contributed by atoms with E-state index in [0.29, 0.717) is 18.1 Å². The molecule has 0 unspecified atom stereocenters. The molecular formula is C17H18ClN3O5.